The molecule has 0 aliphatic heterocycles. The van der Waals surface area contributed by atoms with Crippen molar-refractivity contribution >= 4 is 39.5 Å². The van der Waals surface area contributed by atoms with Crippen LogP contribution in [0.2, 0.25) is 0 Å². The number of ether oxygens (including phenoxy) is 4. The summed E-state index contributed by atoms with van der Waals surface area (Å²) in [6.45, 7) is 7.33. The maximum Gasteiger partial charge on any atom is 0.472 e. The lowest BCUT2D eigenvalue weighted by atomic mass is 10.0. The summed E-state index contributed by atoms with van der Waals surface area (Å²) in [6, 6.07) is 0. The van der Waals surface area contributed by atoms with Crippen molar-refractivity contribution in [2.45, 2.75) is 451 Å². The van der Waals surface area contributed by atoms with Crippen molar-refractivity contribution in [1.82, 2.24) is 0 Å². The molecule has 0 aliphatic rings. The number of rotatable bonds is 81. The number of phosphoric ester groups is 2. The van der Waals surface area contributed by atoms with E-state index >= 15 is 0 Å². The van der Waals surface area contributed by atoms with Crippen molar-refractivity contribution in [3.05, 3.63) is 0 Å². The Morgan fingerprint density at radius 2 is 0.460 bits per heavy atom. The monoisotopic (exact) mass is 1470 g/mol. The van der Waals surface area contributed by atoms with Crippen LogP contribution in [-0.2, 0) is 65.4 Å². The van der Waals surface area contributed by atoms with Crippen LogP contribution in [0.3, 0.4) is 0 Å². The van der Waals surface area contributed by atoms with Crippen LogP contribution in [0.5, 0.6) is 0 Å². The summed E-state index contributed by atoms with van der Waals surface area (Å²) in [7, 11) is -9.92. The maximum absolute atomic E-state index is 13.1. The summed E-state index contributed by atoms with van der Waals surface area (Å²) in [4.78, 5) is 73.1. The smallest absolute Gasteiger partial charge is 0.462 e. The molecule has 0 rings (SSSR count). The van der Waals surface area contributed by atoms with E-state index in [4.69, 9.17) is 37.0 Å². The standard InChI is InChI=1S/C81H158O17P2/c1-6-9-12-15-18-21-24-27-29-31-33-36-39-45-50-55-60-65-79(84)92-70-76(97-80(85)66-61-56-51-46-40-37-34-32-30-28-25-22-19-16-13-10-7-2)72-95-99(87,88)93-68-75(82)69-94-100(89,90)96-73-77(98-81(86)67-62-57-52-47-42-41-43-48-53-58-63-74(4)5)71-91-78(83)64-59-54-49-44-38-35-26-23-20-17-14-11-8-3/h74-77,82H,6-73H2,1-5H3,(H,87,88)(H,89,90)/t75-,76-,77-/m1/s1. The van der Waals surface area contributed by atoms with E-state index in [1.807, 2.05) is 0 Å². The average molecular weight is 1470 g/mol. The fourth-order valence-electron chi connectivity index (χ4n) is 12.6. The summed E-state index contributed by atoms with van der Waals surface area (Å²) in [5, 5.41) is 10.6. The van der Waals surface area contributed by atoms with Gasteiger partial charge in [-0.1, -0.05) is 381 Å². The molecule has 0 aromatic heterocycles. The second kappa shape index (κ2) is 73.9. The molecule has 594 valence electrons. The number of esters is 4. The number of hydrogen-bond acceptors (Lipinski definition) is 15. The quantitative estimate of drug-likeness (QED) is 0.0222. The first-order chi connectivity index (χ1) is 48.5. The first-order valence-corrected chi connectivity index (χ1v) is 45.1. The number of unbranched alkanes of at least 4 members (excludes halogenated alkanes) is 53. The summed E-state index contributed by atoms with van der Waals surface area (Å²) in [5.74, 6) is -1.35. The molecule has 2 unspecified atom stereocenters. The molecule has 17 nitrogen and oxygen atoms in total. The Morgan fingerprint density at radius 3 is 0.680 bits per heavy atom. The number of aliphatic hydroxyl groups is 1. The van der Waals surface area contributed by atoms with Gasteiger partial charge in [-0.25, -0.2) is 9.13 Å². The first-order valence-electron chi connectivity index (χ1n) is 42.1. The van der Waals surface area contributed by atoms with Crippen molar-refractivity contribution in [3.8, 4) is 0 Å². The molecular formula is C81H158O17P2. The highest BCUT2D eigenvalue weighted by Crippen LogP contribution is 2.45. The highest BCUT2D eigenvalue weighted by atomic mass is 31.2. The van der Waals surface area contributed by atoms with Gasteiger partial charge in [0.1, 0.15) is 19.3 Å². The van der Waals surface area contributed by atoms with Crippen molar-refractivity contribution in [1.29, 1.82) is 0 Å². The molecular weight excluding hydrogens is 1310 g/mol. The normalized spacial score (nSPS) is 13.8. The molecule has 0 saturated carbocycles. The molecule has 0 radical (unpaired) electrons. The van der Waals surface area contributed by atoms with Crippen LogP contribution in [0.25, 0.3) is 0 Å². The maximum atomic E-state index is 13.1. The minimum atomic E-state index is -4.96. The van der Waals surface area contributed by atoms with Crippen molar-refractivity contribution in [2.24, 2.45) is 5.92 Å². The second-order valence-corrected chi connectivity index (χ2v) is 32.5. The van der Waals surface area contributed by atoms with Gasteiger partial charge in [0.15, 0.2) is 12.2 Å². The zero-order chi connectivity index (χ0) is 73.4. The Morgan fingerprint density at radius 1 is 0.270 bits per heavy atom. The van der Waals surface area contributed by atoms with Crippen LogP contribution in [0, 0.1) is 5.92 Å². The lowest BCUT2D eigenvalue weighted by Gasteiger charge is -2.21. The van der Waals surface area contributed by atoms with Crippen molar-refractivity contribution in [2.75, 3.05) is 39.6 Å². The van der Waals surface area contributed by atoms with Crippen molar-refractivity contribution < 1.29 is 80.2 Å². The van der Waals surface area contributed by atoms with Gasteiger partial charge in [-0.15, -0.1) is 0 Å². The van der Waals surface area contributed by atoms with Crippen LogP contribution < -0.4 is 0 Å². The van der Waals surface area contributed by atoms with Crippen LogP contribution in [0.4, 0.5) is 0 Å². The Bertz CT molecular complexity index is 1910. The zero-order valence-electron chi connectivity index (χ0n) is 65.3. The molecule has 0 bridgehead atoms. The van der Waals surface area contributed by atoms with E-state index in [9.17, 15) is 43.2 Å². The van der Waals surface area contributed by atoms with Gasteiger partial charge in [0.05, 0.1) is 26.4 Å². The molecule has 0 fully saturated rings. The fraction of sp³-hybridized carbons (Fsp3) is 0.951. The van der Waals surface area contributed by atoms with Crippen LogP contribution in [0.15, 0.2) is 0 Å². The zero-order valence-corrected chi connectivity index (χ0v) is 67.1. The average Bonchev–Trinajstić information content (AvgIpc) is 0.939. The largest absolute Gasteiger partial charge is 0.472 e. The Hall–Kier alpha value is -1.94. The third kappa shape index (κ3) is 74.3. The molecule has 3 N–H and O–H groups in total. The summed E-state index contributed by atoms with van der Waals surface area (Å²) >= 11 is 0. The van der Waals surface area contributed by atoms with E-state index in [-0.39, 0.29) is 25.7 Å². The van der Waals surface area contributed by atoms with E-state index < -0.39 is 97.5 Å². The number of hydrogen-bond donors (Lipinski definition) is 3. The van der Waals surface area contributed by atoms with Gasteiger partial charge in [-0.2, -0.15) is 0 Å². The minimum Gasteiger partial charge on any atom is -0.462 e. The molecule has 0 aromatic carbocycles. The highest BCUT2D eigenvalue weighted by Gasteiger charge is 2.30. The molecule has 0 heterocycles. The number of carbonyl (C=O) groups excluding carboxylic acids is 4. The second-order valence-electron chi connectivity index (χ2n) is 29.6. The van der Waals surface area contributed by atoms with Gasteiger partial charge < -0.3 is 33.8 Å². The predicted octanol–water partition coefficient (Wildman–Crippen LogP) is 24.4. The SMILES string of the molecule is CCCCCCCCCCCCCCCCCCCC(=O)OC[C@H](COP(=O)(O)OC[C@@H](O)COP(=O)(O)OC[C@@H](COC(=O)CCCCCCCCCCCCCCC)OC(=O)CCCCCCCCCCCCC(C)C)OC(=O)CCCCCCCCCCCCCCCCCCC. The first kappa shape index (κ1) is 98.1. The molecule has 0 amide bonds. The van der Waals surface area contributed by atoms with Crippen LogP contribution >= 0.6 is 15.6 Å². The molecule has 0 spiro atoms. The van der Waals surface area contributed by atoms with E-state index in [1.54, 1.807) is 0 Å². The molecule has 19 heteroatoms. The van der Waals surface area contributed by atoms with Crippen molar-refractivity contribution in [3.63, 3.8) is 0 Å². The summed E-state index contributed by atoms with van der Waals surface area (Å²) in [6.07, 6.45) is 65.1. The Kier molecular flexibility index (Phi) is 72.5. The third-order valence-corrected chi connectivity index (χ3v) is 20.9. The van der Waals surface area contributed by atoms with Gasteiger partial charge in [-0.3, -0.25) is 37.3 Å². The highest BCUT2D eigenvalue weighted by molar-refractivity contribution is 7.47. The van der Waals surface area contributed by atoms with Gasteiger partial charge in [-0.05, 0) is 31.6 Å². The summed E-state index contributed by atoms with van der Waals surface area (Å²) < 4.78 is 68.8. The Labute approximate surface area is 613 Å². The summed E-state index contributed by atoms with van der Waals surface area (Å²) in [5.41, 5.74) is 0. The fourth-order valence-corrected chi connectivity index (χ4v) is 14.2. The number of phosphoric acid groups is 2. The number of aliphatic hydroxyl groups excluding tert-OH is 1. The molecule has 100 heavy (non-hydrogen) atoms. The van der Waals surface area contributed by atoms with Gasteiger partial charge in [0.25, 0.3) is 0 Å². The number of carbonyl (C=O) groups is 4. The van der Waals surface area contributed by atoms with E-state index in [2.05, 4.69) is 34.6 Å². The van der Waals surface area contributed by atoms with Gasteiger partial charge in [0.2, 0.25) is 0 Å². The topological polar surface area (TPSA) is 237 Å². The van der Waals surface area contributed by atoms with Gasteiger partial charge in [0, 0.05) is 25.7 Å². The van der Waals surface area contributed by atoms with E-state index in [1.165, 1.54) is 257 Å². The molecule has 0 aliphatic carbocycles. The van der Waals surface area contributed by atoms with Gasteiger partial charge >= 0.3 is 39.5 Å². The van der Waals surface area contributed by atoms with E-state index in [0.717, 1.165) is 95.8 Å². The van der Waals surface area contributed by atoms with Crippen LogP contribution in [0.1, 0.15) is 433 Å². The molecule has 0 aromatic rings. The molecule has 0 saturated heterocycles. The lowest BCUT2D eigenvalue weighted by Crippen LogP contribution is -2.30. The Balaban J connectivity index is 5.26. The van der Waals surface area contributed by atoms with Crippen LogP contribution in [-0.4, -0.2) is 96.7 Å². The lowest BCUT2D eigenvalue weighted by molar-refractivity contribution is -0.161. The molecule has 5 atom stereocenters. The van der Waals surface area contributed by atoms with E-state index in [0.29, 0.717) is 25.7 Å². The third-order valence-electron chi connectivity index (χ3n) is 19.0. The predicted molar refractivity (Wildman–Crippen MR) is 409 cm³/mol. The minimum absolute atomic E-state index is 0.107.